The third-order valence-electron chi connectivity index (χ3n) is 3.48. The van der Waals surface area contributed by atoms with Crippen molar-refractivity contribution in [1.29, 1.82) is 0 Å². The van der Waals surface area contributed by atoms with Crippen molar-refractivity contribution in [3.8, 4) is 0 Å². The van der Waals surface area contributed by atoms with E-state index in [1.807, 2.05) is 12.1 Å². The molecule has 3 heteroatoms. The van der Waals surface area contributed by atoms with Crippen molar-refractivity contribution >= 4 is 11.6 Å². The summed E-state index contributed by atoms with van der Waals surface area (Å²) in [6.07, 6.45) is 3.76. The predicted molar refractivity (Wildman–Crippen MR) is 73.1 cm³/mol. The van der Waals surface area contributed by atoms with Gasteiger partial charge in [0.2, 0.25) is 0 Å². The second kappa shape index (κ2) is 6.39. The summed E-state index contributed by atoms with van der Waals surface area (Å²) in [6, 6.07) is 8.17. The highest BCUT2D eigenvalue weighted by Gasteiger charge is 2.21. The molecule has 1 aromatic carbocycles. The van der Waals surface area contributed by atoms with Crippen LogP contribution in [-0.2, 0) is 6.54 Å². The van der Waals surface area contributed by atoms with E-state index in [4.69, 9.17) is 17.3 Å². The molecular formula is C14H21ClN2. The van der Waals surface area contributed by atoms with Crippen molar-refractivity contribution in [3.63, 3.8) is 0 Å². The molecule has 0 amide bonds. The maximum atomic E-state index is 6.00. The zero-order valence-corrected chi connectivity index (χ0v) is 11.0. The number of hydrogen-bond donors (Lipinski definition) is 1. The summed E-state index contributed by atoms with van der Waals surface area (Å²) in [6.45, 7) is 4.28. The van der Waals surface area contributed by atoms with Gasteiger partial charge in [0.25, 0.3) is 0 Å². The third-order valence-corrected chi connectivity index (χ3v) is 3.72. The fourth-order valence-electron chi connectivity index (χ4n) is 2.59. The molecule has 1 aliphatic heterocycles. The highest BCUT2D eigenvalue weighted by atomic mass is 35.5. The first kappa shape index (κ1) is 12.9. The highest BCUT2D eigenvalue weighted by molar-refractivity contribution is 6.30. The van der Waals surface area contributed by atoms with Crippen LogP contribution in [0.5, 0.6) is 0 Å². The van der Waals surface area contributed by atoms with Crippen LogP contribution < -0.4 is 5.73 Å². The summed E-state index contributed by atoms with van der Waals surface area (Å²) in [5.41, 5.74) is 6.87. The van der Waals surface area contributed by atoms with Gasteiger partial charge in [0, 0.05) is 18.1 Å². The maximum Gasteiger partial charge on any atom is 0.0409 e. The van der Waals surface area contributed by atoms with Crippen LogP contribution in [0.1, 0.15) is 24.8 Å². The van der Waals surface area contributed by atoms with Crippen molar-refractivity contribution < 1.29 is 0 Å². The molecule has 17 heavy (non-hydrogen) atoms. The molecule has 1 aromatic rings. The van der Waals surface area contributed by atoms with Crippen LogP contribution >= 0.6 is 11.6 Å². The van der Waals surface area contributed by atoms with Crippen molar-refractivity contribution in [2.75, 3.05) is 19.6 Å². The van der Waals surface area contributed by atoms with Crippen molar-refractivity contribution in [1.82, 2.24) is 4.90 Å². The van der Waals surface area contributed by atoms with Gasteiger partial charge in [-0.3, -0.25) is 4.90 Å². The molecule has 0 spiro atoms. The molecule has 2 N–H and O–H groups in total. The van der Waals surface area contributed by atoms with Gasteiger partial charge >= 0.3 is 0 Å². The summed E-state index contributed by atoms with van der Waals surface area (Å²) in [4.78, 5) is 2.52. The zero-order valence-electron chi connectivity index (χ0n) is 10.2. The Morgan fingerprint density at radius 3 is 3.06 bits per heavy atom. The predicted octanol–water partition coefficient (Wildman–Crippen LogP) is 2.90. The van der Waals surface area contributed by atoms with E-state index in [1.54, 1.807) is 0 Å². The number of hydrogen-bond acceptors (Lipinski definition) is 2. The lowest BCUT2D eigenvalue weighted by Gasteiger charge is -2.16. The number of rotatable bonds is 5. The van der Waals surface area contributed by atoms with Crippen molar-refractivity contribution in [2.45, 2.75) is 25.8 Å². The van der Waals surface area contributed by atoms with Crippen LogP contribution in [0.3, 0.4) is 0 Å². The average molecular weight is 253 g/mol. The minimum atomic E-state index is 0.824. The molecule has 1 heterocycles. The summed E-state index contributed by atoms with van der Waals surface area (Å²) < 4.78 is 0. The van der Waals surface area contributed by atoms with Gasteiger partial charge in [0.15, 0.2) is 0 Å². The maximum absolute atomic E-state index is 6.00. The minimum absolute atomic E-state index is 0.824. The average Bonchev–Trinajstić information content (AvgIpc) is 2.74. The Bertz CT molecular complexity index is 354. The largest absolute Gasteiger partial charge is 0.330 e. The number of nitrogens with two attached hydrogens (primary N) is 1. The molecular weight excluding hydrogens is 232 g/mol. The molecule has 0 saturated carbocycles. The lowest BCUT2D eigenvalue weighted by molar-refractivity contribution is 0.312. The Labute approximate surface area is 109 Å². The number of nitrogens with zero attached hydrogens (tertiary/aromatic N) is 1. The molecule has 0 radical (unpaired) electrons. The zero-order chi connectivity index (χ0) is 12.1. The summed E-state index contributed by atoms with van der Waals surface area (Å²) >= 11 is 6.00. The molecule has 2 nitrogen and oxygen atoms in total. The first-order chi connectivity index (χ1) is 8.28. The normalized spacial score (nSPS) is 20.9. The van der Waals surface area contributed by atoms with Gasteiger partial charge < -0.3 is 5.73 Å². The van der Waals surface area contributed by atoms with Crippen LogP contribution in [-0.4, -0.2) is 24.5 Å². The van der Waals surface area contributed by atoms with E-state index < -0.39 is 0 Å². The lowest BCUT2D eigenvalue weighted by Crippen LogP contribution is -2.20. The molecule has 1 aliphatic rings. The van der Waals surface area contributed by atoms with E-state index in [2.05, 4.69) is 17.0 Å². The number of benzene rings is 1. The molecule has 2 rings (SSSR count). The SMILES string of the molecule is NCCCC1CCN(Cc2cccc(Cl)c2)C1. The van der Waals surface area contributed by atoms with E-state index in [0.29, 0.717) is 0 Å². The lowest BCUT2D eigenvalue weighted by atomic mass is 10.0. The minimum Gasteiger partial charge on any atom is -0.330 e. The molecule has 0 aromatic heterocycles. The van der Waals surface area contributed by atoms with E-state index in [0.717, 1.165) is 30.5 Å². The van der Waals surface area contributed by atoms with Gasteiger partial charge in [0.1, 0.15) is 0 Å². The van der Waals surface area contributed by atoms with Gasteiger partial charge in [-0.2, -0.15) is 0 Å². The first-order valence-corrected chi connectivity index (χ1v) is 6.82. The van der Waals surface area contributed by atoms with Crippen molar-refractivity contribution in [3.05, 3.63) is 34.9 Å². The van der Waals surface area contributed by atoms with E-state index >= 15 is 0 Å². The van der Waals surface area contributed by atoms with Crippen LogP contribution in [0.15, 0.2) is 24.3 Å². The summed E-state index contributed by atoms with van der Waals surface area (Å²) in [5.74, 6) is 0.845. The fraction of sp³-hybridized carbons (Fsp3) is 0.571. The van der Waals surface area contributed by atoms with E-state index in [-0.39, 0.29) is 0 Å². The van der Waals surface area contributed by atoms with Gasteiger partial charge in [-0.15, -0.1) is 0 Å². The Hall–Kier alpha value is -0.570. The molecule has 1 saturated heterocycles. The van der Waals surface area contributed by atoms with E-state index in [9.17, 15) is 0 Å². The second-order valence-corrected chi connectivity index (χ2v) is 5.39. The van der Waals surface area contributed by atoms with Gasteiger partial charge in [-0.05, 0) is 56.0 Å². The second-order valence-electron chi connectivity index (χ2n) is 4.95. The topological polar surface area (TPSA) is 29.3 Å². The van der Waals surface area contributed by atoms with Gasteiger partial charge in [-0.25, -0.2) is 0 Å². The van der Waals surface area contributed by atoms with Crippen LogP contribution in [0.25, 0.3) is 0 Å². The highest BCUT2D eigenvalue weighted by Crippen LogP contribution is 2.23. The van der Waals surface area contributed by atoms with Crippen molar-refractivity contribution in [2.24, 2.45) is 11.7 Å². The fourth-order valence-corrected chi connectivity index (χ4v) is 2.81. The van der Waals surface area contributed by atoms with Crippen LogP contribution in [0.2, 0.25) is 5.02 Å². The molecule has 0 aliphatic carbocycles. The summed E-state index contributed by atoms with van der Waals surface area (Å²) in [7, 11) is 0. The monoisotopic (exact) mass is 252 g/mol. The number of halogens is 1. The Balaban J connectivity index is 1.81. The molecule has 1 fully saturated rings. The number of likely N-dealkylation sites (tertiary alicyclic amines) is 1. The standard InChI is InChI=1S/C14H21ClN2/c15-14-5-1-3-13(9-14)11-17-8-6-12(10-17)4-2-7-16/h1,3,5,9,12H,2,4,6-8,10-11,16H2. The molecule has 1 atom stereocenters. The smallest absolute Gasteiger partial charge is 0.0409 e. The Morgan fingerprint density at radius 2 is 2.29 bits per heavy atom. The molecule has 0 bridgehead atoms. The molecule has 1 unspecified atom stereocenters. The first-order valence-electron chi connectivity index (χ1n) is 6.45. The van der Waals surface area contributed by atoms with Crippen LogP contribution in [0, 0.1) is 5.92 Å². The molecule has 94 valence electrons. The van der Waals surface area contributed by atoms with Gasteiger partial charge in [0.05, 0.1) is 0 Å². The summed E-state index contributed by atoms with van der Waals surface area (Å²) in [5, 5.41) is 0.835. The third kappa shape index (κ3) is 3.98. The van der Waals surface area contributed by atoms with Gasteiger partial charge in [-0.1, -0.05) is 23.7 Å². The Kier molecular flexibility index (Phi) is 4.84. The quantitative estimate of drug-likeness (QED) is 0.873. The Morgan fingerprint density at radius 1 is 1.41 bits per heavy atom. The van der Waals surface area contributed by atoms with E-state index in [1.165, 1.54) is 31.5 Å². The van der Waals surface area contributed by atoms with Crippen LogP contribution in [0.4, 0.5) is 0 Å².